The van der Waals surface area contributed by atoms with E-state index < -0.39 is 11.6 Å². The molecular weight excluding hydrogens is 414 g/mol. The van der Waals surface area contributed by atoms with Gasteiger partial charge in [-0.15, -0.1) is 0 Å². The Hall–Kier alpha value is -3.14. The molecule has 0 saturated carbocycles. The fourth-order valence-electron chi connectivity index (χ4n) is 3.97. The predicted molar refractivity (Wildman–Crippen MR) is 118 cm³/mol. The van der Waals surface area contributed by atoms with Crippen LogP contribution in [-0.4, -0.2) is 70.4 Å². The second kappa shape index (κ2) is 8.42. The molecule has 32 heavy (non-hydrogen) atoms. The van der Waals surface area contributed by atoms with Gasteiger partial charge in [-0.05, 0) is 39.3 Å². The molecule has 2 aliphatic heterocycles. The average molecular weight is 444 g/mol. The molecular formula is C22H29N5O5. The summed E-state index contributed by atoms with van der Waals surface area (Å²) in [6.07, 6.45) is 3.38. The second-order valence-corrected chi connectivity index (χ2v) is 9.20. The summed E-state index contributed by atoms with van der Waals surface area (Å²) in [5.74, 6) is -0.268. The monoisotopic (exact) mass is 443 g/mol. The normalized spacial score (nSPS) is 19.9. The first kappa shape index (κ1) is 22.1. The summed E-state index contributed by atoms with van der Waals surface area (Å²) in [7, 11) is 0. The number of nitrogens with one attached hydrogen (secondary N) is 1. The minimum Gasteiger partial charge on any atom is -0.444 e. The molecule has 0 bridgehead atoms. The Labute approximate surface area is 186 Å². The van der Waals surface area contributed by atoms with Crippen LogP contribution in [0.4, 0.5) is 15.3 Å². The lowest BCUT2D eigenvalue weighted by molar-refractivity contribution is -0.120. The van der Waals surface area contributed by atoms with Crippen molar-refractivity contribution in [2.75, 3.05) is 31.1 Å². The molecule has 4 rings (SSSR count). The summed E-state index contributed by atoms with van der Waals surface area (Å²) in [5.41, 5.74) is 1.90. The molecule has 2 aromatic rings. The zero-order valence-electron chi connectivity index (χ0n) is 18.9. The zero-order chi connectivity index (χ0) is 23.0. The van der Waals surface area contributed by atoms with E-state index in [-0.39, 0.29) is 24.5 Å². The first-order chi connectivity index (χ1) is 15.1. The number of ether oxygens (including phenoxy) is 2. The molecule has 4 amide bonds. The molecule has 10 nitrogen and oxygen atoms in total. The predicted octanol–water partition coefficient (Wildman–Crippen LogP) is 2.43. The highest BCUT2D eigenvalue weighted by Crippen LogP contribution is 2.26. The Morgan fingerprint density at radius 3 is 2.81 bits per heavy atom. The third kappa shape index (κ3) is 4.69. The SMILES string of the molecule is Cc1cn(C[C@H]2CN(C(=O)OC(C)(C)C)CCO2)c2ncc(N3CCC(=O)NC3=O)cc12. The van der Waals surface area contributed by atoms with Crippen LogP contribution in [0, 0.1) is 6.92 Å². The van der Waals surface area contributed by atoms with Crippen LogP contribution in [0.5, 0.6) is 0 Å². The van der Waals surface area contributed by atoms with E-state index in [1.54, 1.807) is 11.1 Å². The van der Waals surface area contributed by atoms with E-state index in [0.717, 1.165) is 16.6 Å². The van der Waals surface area contributed by atoms with Gasteiger partial charge in [-0.3, -0.25) is 15.0 Å². The topological polar surface area (TPSA) is 106 Å². The fourth-order valence-corrected chi connectivity index (χ4v) is 3.97. The molecule has 0 radical (unpaired) electrons. The van der Waals surface area contributed by atoms with E-state index >= 15 is 0 Å². The number of fused-ring (bicyclic) bond motifs is 1. The van der Waals surface area contributed by atoms with Crippen LogP contribution < -0.4 is 10.2 Å². The Balaban J connectivity index is 1.50. The van der Waals surface area contributed by atoms with Crippen LogP contribution in [0.15, 0.2) is 18.5 Å². The first-order valence-electron chi connectivity index (χ1n) is 10.8. The highest BCUT2D eigenvalue weighted by Gasteiger charge is 2.29. The van der Waals surface area contributed by atoms with E-state index in [4.69, 9.17) is 9.47 Å². The largest absolute Gasteiger partial charge is 0.444 e. The van der Waals surface area contributed by atoms with Crippen LogP contribution >= 0.6 is 0 Å². The van der Waals surface area contributed by atoms with Crippen LogP contribution in [0.2, 0.25) is 0 Å². The van der Waals surface area contributed by atoms with E-state index in [0.29, 0.717) is 38.5 Å². The number of anilines is 1. The van der Waals surface area contributed by atoms with Crippen molar-refractivity contribution in [3.63, 3.8) is 0 Å². The Morgan fingerprint density at radius 2 is 2.09 bits per heavy atom. The van der Waals surface area contributed by atoms with Crippen LogP contribution in [-0.2, 0) is 20.8 Å². The van der Waals surface area contributed by atoms with Gasteiger partial charge in [0, 0.05) is 31.1 Å². The van der Waals surface area contributed by atoms with E-state index in [2.05, 4.69) is 10.3 Å². The fraction of sp³-hybridized carbons (Fsp3) is 0.545. The number of rotatable bonds is 3. The Morgan fingerprint density at radius 1 is 1.31 bits per heavy atom. The first-order valence-corrected chi connectivity index (χ1v) is 10.8. The number of aromatic nitrogens is 2. The molecule has 4 heterocycles. The number of pyridine rings is 1. The van der Waals surface area contributed by atoms with Crippen molar-refractivity contribution in [3.8, 4) is 0 Å². The number of hydrogen-bond donors (Lipinski definition) is 1. The summed E-state index contributed by atoms with van der Waals surface area (Å²) in [6, 6.07) is 1.48. The minimum atomic E-state index is -0.543. The number of hydrogen-bond acceptors (Lipinski definition) is 6. The summed E-state index contributed by atoms with van der Waals surface area (Å²) in [4.78, 5) is 43.8. The van der Waals surface area contributed by atoms with Crippen LogP contribution in [0.3, 0.4) is 0 Å². The van der Waals surface area contributed by atoms with Gasteiger partial charge in [-0.1, -0.05) is 0 Å². The average Bonchev–Trinajstić information content (AvgIpc) is 3.02. The molecule has 2 saturated heterocycles. The summed E-state index contributed by atoms with van der Waals surface area (Å²) in [5, 5.41) is 3.26. The molecule has 0 unspecified atom stereocenters. The summed E-state index contributed by atoms with van der Waals surface area (Å²) < 4.78 is 13.4. The molecule has 2 aromatic heterocycles. The zero-order valence-corrected chi connectivity index (χ0v) is 18.9. The quantitative estimate of drug-likeness (QED) is 0.781. The van der Waals surface area contributed by atoms with Gasteiger partial charge in [-0.25, -0.2) is 14.6 Å². The number of morpholine rings is 1. The Kier molecular flexibility index (Phi) is 5.81. The molecule has 1 N–H and O–H groups in total. The molecule has 0 aliphatic carbocycles. The van der Waals surface area contributed by atoms with Crippen molar-refractivity contribution >= 4 is 34.8 Å². The molecule has 2 aliphatic rings. The van der Waals surface area contributed by atoms with E-state index in [1.165, 1.54) is 4.90 Å². The Bertz CT molecular complexity index is 1060. The number of aryl methyl sites for hydroxylation is 1. The minimum absolute atomic E-state index is 0.188. The molecule has 172 valence electrons. The van der Waals surface area contributed by atoms with Gasteiger partial charge >= 0.3 is 12.1 Å². The maximum Gasteiger partial charge on any atom is 0.410 e. The van der Waals surface area contributed by atoms with Gasteiger partial charge in [0.25, 0.3) is 0 Å². The highest BCUT2D eigenvalue weighted by atomic mass is 16.6. The van der Waals surface area contributed by atoms with Gasteiger partial charge < -0.3 is 18.9 Å². The lowest BCUT2D eigenvalue weighted by Crippen LogP contribution is -2.49. The standard InChI is InChI=1S/C22H29N5O5/c1-14-11-26(13-16-12-25(7-8-31-16)21(30)32-22(2,3)4)19-17(14)9-15(10-23-19)27-6-5-18(28)24-20(27)29/h9-11,16H,5-8,12-13H2,1-4H3,(H,24,28,29)/t16-/m1/s1. The van der Waals surface area contributed by atoms with Crippen molar-refractivity contribution < 1.29 is 23.9 Å². The van der Waals surface area contributed by atoms with Gasteiger partial charge in [-0.2, -0.15) is 0 Å². The van der Waals surface area contributed by atoms with Crippen molar-refractivity contribution in [2.24, 2.45) is 0 Å². The summed E-state index contributed by atoms with van der Waals surface area (Å²) >= 11 is 0. The summed E-state index contributed by atoms with van der Waals surface area (Å²) in [6.45, 7) is 9.78. The van der Waals surface area contributed by atoms with Gasteiger partial charge in [0.15, 0.2) is 0 Å². The number of imide groups is 1. The number of urea groups is 1. The maximum atomic E-state index is 12.4. The molecule has 1 atom stereocenters. The van der Waals surface area contributed by atoms with Crippen molar-refractivity contribution in [3.05, 3.63) is 24.0 Å². The third-order valence-corrected chi connectivity index (χ3v) is 5.46. The van der Waals surface area contributed by atoms with Crippen molar-refractivity contribution in [1.29, 1.82) is 0 Å². The van der Waals surface area contributed by atoms with E-state index in [1.807, 2.05) is 44.5 Å². The lowest BCUT2D eigenvalue weighted by atomic mass is 10.2. The maximum absolute atomic E-state index is 12.4. The van der Waals surface area contributed by atoms with Crippen molar-refractivity contribution in [2.45, 2.75) is 52.4 Å². The molecule has 2 fully saturated rings. The molecule has 10 heteroatoms. The highest BCUT2D eigenvalue weighted by molar-refractivity contribution is 6.06. The van der Waals surface area contributed by atoms with Gasteiger partial charge in [0.2, 0.25) is 5.91 Å². The lowest BCUT2D eigenvalue weighted by Gasteiger charge is -2.34. The smallest absolute Gasteiger partial charge is 0.410 e. The molecule has 0 aromatic carbocycles. The van der Waals surface area contributed by atoms with Crippen LogP contribution in [0.25, 0.3) is 11.0 Å². The van der Waals surface area contributed by atoms with E-state index in [9.17, 15) is 14.4 Å². The van der Waals surface area contributed by atoms with Crippen LogP contribution in [0.1, 0.15) is 32.8 Å². The third-order valence-electron chi connectivity index (χ3n) is 5.46. The second-order valence-electron chi connectivity index (χ2n) is 9.20. The molecule has 0 spiro atoms. The van der Waals surface area contributed by atoms with Gasteiger partial charge in [0.1, 0.15) is 11.2 Å². The number of carbonyl (C=O) groups excluding carboxylic acids is 3. The number of nitrogens with zero attached hydrogens (tertiary/aromatic N) is 4. The van der Waals surface area contributed by atoms with Gasteiger partial charge in [0.05, 0.1) is 37.7 Å². The van der Waals surface area contributed by atoms with Crippen molar-refractivity contribution in [1.82, 2.24) is 19.8 Å². The number of carbonyl (C=O) groups is 3. The number of amides is 4.